The lowest BCUT2D eigenvalue weighted by Crippen LogP contribution is -2.37. The van der Waals surface area contributed by atoms with Crippen LogP contribution in [0.3, 0.4) is 0 Å². The molecule has 3 aromatic rings. The van der Waals surface area contributed by atoms with Gasteiger partial charge in [0.1, 0.15) is 11.4 Å². The van der Waals surface area contributed by atoms with Crippen LogP contribution in [0, 0.1) is 6.92 Å². The van der Waals surface area contributed by atoms with Gasteiger partial charge in [-0.3, -0.25) is 19.7 Å². The molecule has 0 unspecified atom stereocenters. The number of H-pyrrole nitrogens is 2. The summed E-state index contributed by atoms with van der Waals surface area (Å²) in [5.41, 5.74) is 1.96. The number of aromatic nitrogens is 5. The molecule has 0 spiro atoms. The molecule has 0 saturated carbocycles. The summed E-state index contributed by atoms with van der Waals surface area (Å²) >= 11 is 0. The van der Waals surface area contributed by atoms with E-state index in [4.69, 9.17) is 0 Å². The van der Waals surface area contributed by atoms with E-state index < -0.39 is 11.5 Å². The smallest absolute Gasteiger partial charge is 0.264 e. The summed E-state index contributed by atoms with van der Waals surface area (Å²) in [5.74, 6) is -0.0964. The summed E-state index contributed by atoms with van der Waals surface area (Å²) in [5, 5.41) is 9.78. The van der Waals surface area contributed by atoms with Gasteiger partial charge in [-0.05, 0) is 32.0 Å². The predicted molar refractivity (Wildman–Crippen MR) is 92.0 cm³/mol. The Hall–Kier alpha value is -3.29. The molecule has 0 aliphatic rings. The second-order valence-electron chi connectivity index (χ2n) is 5.84. The summed E-state index contributed by atoms with van der Waals surface area (Å²) in [4.78, 5) is 35.3. The molecule has 0 aromatic carbocycles. The van der Waals surface area contributed by atoms with Crippen LogP contribution in [0.25, 0.3) is 11.4 Å². The third kappa shape index (κ3) is 3.97. The molecule has 3 N–H and O–H groups in total. The van der Waals surface area contributed by atoms with E-state index in [0.29, 0.717) is 17.8 Å². The molecule has 25 heavy (non-hydrogen) atoms. The van der Waals surface area contributed by atoms with E-state index in [-0.39, 0.29) is 11.6 Å². The fraction of sp³-hybridized carbons (Fsp3) is 0.235. The van der Waals surface area contributed by atoms with E-state index in [1.807, 2.05) is 19.9 Å². The minimum atomic E-state index is -0.492. The van der Waals surface area contributed by atoms with Crippen molar-refractivity contribution in [2.45, 2.75) is 26.3 Å². The standard InChI is InChI=1S/C17H18N6O2/c1-10(6-13-7-11(2)22-23-13)20-16(24)14-9-19-15(21-17(14)25)12-4-3-5-18-8-12/h3-5,7-10H,6H2,1-2H3,(H,20,24)(H,22,23)(H,19,21,25)/t10-/m1/s1. The van der Waals surface area contributed by atoms with E-state index in [1.165, 1.54) is 6.20 Å². The SMILES string of the molecule is Cc1cc(C[C@@H](C)NC(=O)c2cnc(-c3cccnc3)[nH]c2=O)n[nH]1. The molecule has 128 valence electrons. The van der Waals surface area contributed by atoms with Gasteiger partial charge in [0.25, 0.3) is 11.5 Å². The fourth-order valence-electron chi connectivity index (χ4n) is 2.45. The number of carbonyl (C=O) groups excluding carboxylic acids is 1. The van der Waals surface area contributed by atoms with E-state index in [2.05, 4.69) is 30.5 Å². The lowest BCUT2D eigenvalue weighted by atomic mass is 10.1. The second-order valence-corrected chi connectivity index (χ2v) is 5.84. The molecule has 3 rings (SSSR count). The van der Waals surface area contributed by atoms with Crippen molar-refractivity contribution in [3.8, 4) is 11.4 Å². The van der Waals surface area contributed by atoms with Crippen molar-refractivity contribution in [3.05, 3.63) is 64.1 Å². The zero-order valence-corrected chi connectivity index (χ0v) is 13.9. The Morgan fingerprint density at radius 2 is 2.20 bits per heavy atom. The predicted octanol–water partition coefficient (Wildman–Crippen LogP) is 1.22. The molecule has 3 heterocycles. The van der Waals surface area contributed by atoms with E-state index >= 15 is 0 Å². The number of rotatable bonds is 5. The normalized spacial score (nSPS) is 11.9. The summed E-state index contributed by atoms with van der Waals surface area (Å²) < 4.78 is 0. The van der Waals surface area contributed by atoms with Gasteiger partial charge in [-0.1, -0.05) is 0 Å². The minimum Gasteiger partial charge on any atom is -0.349 e. The minimum absolute atomic E-state index is 0.0299. The Kier molecular flexibility index (Phi) is 4.69. The maximum atomic E-state index is 12.3. The lowest BCUT2D eigenvalue weighted by molar-refractivity contribution is 0.0938. The quantitative estimate of drug-likeness (QED) is 0.647. The highest BCUT2D eigenvalue weighted by Crippen LogP contribution is 2.10. The average Bonchev–Trinajstić information content (AvgIpc) is 3.00. The maximum absolute atomic E-state index is 12.3. The van der Waals surface area contributed by atoms with Crippen LogP contribution in [0.2, 0.25) is 0 Å². The number of pyridine rings is 1. The zero-order chi connectivity index (χ0) is 17.8. The number of nitrogens with one attached hydrogen (secondary N) is 3. The first-order valence-corrected chi connectivity index (χ1v) is 7.84. The molecule has 0 aliphatic carbocycles. The van der Waals surface area contributed by atoms with Crippen molar-refractivity contribution in [1.82, 2.24) is 30.5 Å². The number of amides is 1. The monoisotopic (exact) mass is 338 g/mol. The maximum Gasteiger partial charge on any atom is 0.264 e. The van der Waals surface area contributed by atoms with Crippen LogP contribution in [-0.4, -0.2) is 37.1 Å². The first kappa shape index (κ1) is 16.6. The van der Waals surface area contributed by atoms with Crippen molar-refractivity contribution in [1.29, 1.82) is 0 Å². The molecule has 0 radical (unpaired) electrons. The van der Waals surface area contributed by atoms with Gasteiger partial charge in [0.15, 0.2) is 0 Å². The number of nitrogens with zero attached hydrogens (tertiary/aromatic N) is 3. The van der Waals surface area contributed by atoms with E-state index in [1.54, 1.807) is 24.5 Å². The Morgan fingerprint density at radius 3 is 2.84 bits per heavy atom. The largest absolute Gasteiger partial charge is 0.349 e. The first-order chi connectivity index (χ1) is 12.0. The van der Waals surface area contributed by atoms with Crippen molar-refractivity contribution < 1.29 is 4.79 Å². The van der Waals surface area contributed by atoms with Crippen LogP contribution in [0.15, 0.2) is 41.6 Å². The molecular weight excluding hydrogens is 320 g/mol. The van der Waals surface area contributed by atoms with Gasteiger partial charge in [-0.15, -0.1) is 0 Å². The summed E-state index contributed by atoms with van der Waals surface area (Å²) in [6.45, 7) is 3.77. The van der Waals surface area contributed by atoms with Crippen LogP contribution in [0.5, 0.6) is 0 Å². The Morgan fingerprint density at radius 1 is 1.36 bits per heavy atom. The highest BCUT2D eigenvalue weighted by Gasteiger charge is 2.16. The number of aryl methyl sites for hydroxylation is 1. The summed E-state index contributed by atoms with van der Waals surface area (Å²) in [7, 11) is 0. The zero-order valence-electron chi connectivity index (χ0n) is 13.9. The van der Waals surface area contributed by atoms with Crippen molar-refractivity contribution in [2.24, 2.45) is 0 Å². The van der Waals surface area contributed by atoms with Gasteiger partial charge in [0.05, 0.1) is 5.69 Å². The molecule has 1 amide bonds. The van der Waals surface area contributed by atoms with Crippen molar-refractivity contribution in [3.63, 3.8) is 0 Å². The average molecular weight is 338 g/mol. The second kappa shape index (κ2) is 7.08. The topological polar surface area (TPSA) is 116 Å². The van der Waals surface area contributed by atoms with E-state index in [9.17, 15) is 9.59 Å². The van der Waals surface area contributed by atoms with Crippen molar-refractivity contribution >= 4 is 5.91 Å². The third-order valence-electron chi connectivity index (χ3n) is 3.63. The van der Waals surface area contributed by atoms with Crippen LogP contribution < -0.4 is 10.9 Å². The van der Waals surface area contributed by atoms with Gasteiger partial charge in [0.2, 0.25) is 0 Å². The third-order valence-corrected chi connectivity index (χ3v) is 3.63. The van der Waals surface area contributed by atoms with Gasteiger partial charge >= 0.3 is 0 Å². The van der Waals surface area contributed by atoms with Crippen LogP contribution in [-0.2, 0) is 6.42 Å². The Bertz CT molecular complexity index is 932. The Balaban J connectivity index is 1.71. The molecule has 0 saturated heterocycles. The molecule has 8 heteroatoms. The molecule has 8 nitrogen and oxygen atoms in total. The number of hydrogen-bond donors (Lipinski definition) is 3. The number of aromatic amines is 2. The van der Waals surface area contributed by atoms with Gasteiger partial charge < -0.3 is 10.3 Å². The Labute approximate surface area is 143 Å². The van der Waals surface area contributed by atoms with Gasteiger partial charge in [-0.25, -0.2) is 4.98 Å². The van der Waals surface area contributed by atoms with Crippen molar-refractivity contribution in [2.75, 3.05) is 0 Å². The van der Waals surface area contributed by atoms with Crippen LogP contribution in [0.1, 0.15) is 28.7 Å². The highest BCUT2D eigenvalue weighted by molar-refractivity contribution is 5.93. The van der Waals surface area contributed by atoms with Crippen LogP contribution in [0.4, 0.5) is 0 Å². The number of hydrogen-bond acceptors (Lipinski definition) is 5. The molecule has 0 bridgehead atoms. The fourth-order valence-corrected chi connectivity index (χ4v) is 2.45. The van der Waals surface area contributed by atoms with E-state index in [0.717, 1.165) is 11.4 Å². The molecule has 1 atom stereocenters. The number of carbonyl (C=O) groups is 1. The summed E-state index contributed by atoms with van der Waals surface area (Å²) in [6.07, 6.45) is 5.06. The van der Waals surface area contributed by atoms with Gasteiger partial charge in [0, 0.05) is 42.3 Å². The van der Waals surface area contributed by atoms with Gasteiger partial charge in [-0.2, -0.15) is 5.10 Å². The molecule has 0 aliphatic heterocycles. The summed E-state index contributed by atoms with van der Waals surface area (Å²) in [6, 6.07) is 5.26. The molecular formula is C17H18N6O2. The van der Waals surface area contributed by atoms with Crippen LogP contribution >= 0.6 is 0 Å². The highest BCUT2D eigenvalue weighted by atomic mass is 16.2. The lowest BCUT2D eigenvalue weighted by Gasteiger charge is -2.12. The first-order valence-electron chi connectivity index (χ1n) is 7.84. The molecule has 3 aromatic heterocycles. The molecule has 0 fully saturated rings.